The van der Waals surface area contributed by atoms with Crippen LogP contribution in [0.5, 0.6) is 0 Å². The molecule has 2 saturated heterocycles. The third-order valence-electron chi connectivity index (χ3n) is 5.25. The predicted molar refractivity (Wildman–Crippen MR) is 97.5 cm³/mol. The van der Waals surface area contributed by atoms with E-state index >= 15 is 0 Å². The van der Waals surface area contributed by atoms with Gasteiger partial charge in [-0.3, -0.25) is 4.90 Å². The summed E-state index contributed by atoms with van der Waals surface area (Å²) in [5.41, 5.74) is 2.13. The van der Waals surface area contributed by atoms with Crippen LogP contribution < -0.4 is 4.90 Å². The lowest BCUT2D eigenvalue weighted by molar-refractivity contribution is 0.0974. The Labute approximate surface area is 146 Å². The molecule has 0 bridgehead atoms. The number of nitrogens with zero attached hydrogens (tertiary/aromatic N) is 4. The van der Waals surface area contributed by atoms with Gasteiger partial charge in [0.1, 0.15) is 0 Å². The first-order valence-corrected chi connectivity index (χ1v) is 9.54. The first-order valence-electron chi connectivity index (χ1n) is 9.54. The third kappa shape index (κ3) is 4.45. The van der Waals surface area contributed by atoms with Crippen molar-refractivity contribution in [1.82, 2.24) is 14.9 Å². The van der Waals surface area contributed by atoms with Gasteiger partial charge in [0.25, 0.3) is 0 Å². The molecule has 1 aromatic heterocycles. The fourth-order valence-electron chi connectivity index (χ4n) is 4.00. The second-order valence-corrected chi connectivity index (χ2v) is 7.39. The third-order valence-corrected chi connectivity index (χ3v) is 5.25. The molecule has 2 aliphatic rings. The quantitative estimate of drug-likeness (QED) is 0.749. The zero-order valence-electron chi connectivity index (χ0n) is 15.5. The number of likely N-dealkylation sites (tertiary alicyclic amines) is 1. The summed E-state index contributed by atoms with van der Waals surface area (Å²) in [5, 5.41) is 0. The molecule has 0 saturated carbocycles. The van der Waals surface area contributed by atoms with Crippen LogP contribution in [0.2, 0.25) is 0 Å². The molecule has 3 heterocycles. The maximum Gasteiger partial charge on any atom is 0.225 e. The number of aromatic nitrogens is 2. The molecule has 2 fully saturated rings. The summed E-state index contributed by atoms with van der Waals surface area (Å²) in [4.78, 5) is 14.3. The maximum atomic E-state index is 5.75. The molecule has 0 unspecified atom stereocenters. The number of hydrogen-bond acceptors (Lipinski definition) is 5. The molecular weight excluding hydrogens is 300 g/mol. The van der Waals surface area contributed by atoms with Crippen molar-refractivity contribution in [3.63, 3.8) is 0 Å². The van der Waals surface area contributed by atoms with Crippen LogP contribution in [0, 0.1) is 19.8 Å². The minimum absolute atomic E-state index is 0.725. The highest BCUT2D eigenvalue weighted by Gasteiger charge is 2.31. The molecule has 2 aliphatic heterocycles. The molecule has 134 valence electrons. The van der Waals surface area contributed by atoms with E-state index in [0.29, 0.717) is 0 Å². The molecule has 24 heavy (non-hydrogen) atoms. The van der Waals surface area contributed by atoms with Crippen molar-refractivity contribution >= 4 is 5.95 Å². The van der Waals surface area contributed by atoms with E-state index in [2.05, 4.69) is 40.5 Å². The average molecular weight is 332 g/mol. The van der Waals surface area contributed by atoms with Crippen LogP contribution in [0.3, 0.4) is 0 Å². The highest BCUT2D eigenvalue weighted by atomic mass is 16.5. The molecule has 3 rings (SSSR count). The average Bonchev–Trinajstić information content (AvgIpc) is 3.03. The molecule has 5 nitrogen and oxygen atoms in total. The molecular formula is C19H32N4O. The second kappa shape index (κ2) is 8.26. The molecule has 0 spiro atoms. The Morgan fingerprint density at radius 3 is 2.46 bits per heavy atom. The van der Waals surface area contributed by atoms with Crippen molar-refractivity contribution in [2.75, 3.05) is 44.3 Å². The molecule has 0 aliphatic carbocycles. The van der Waals surface area contributed by atoms with E-state index < -0.39 is 0 Å². The number of piperidine rings is 1. The Balaban J connectivity index is 1.47. The van der Waals surface area contributed by atoms with E-state index in [0.717, 1.165) is 62.0 Å². The highest BCUT2D eigenvalue weighted by Crippen LogP contribution is 2.26. The van der Waals surface area contributed by atoms with Gasteiger partial charge in [-0.1, -0.05) is 6.92 Å². The zero-order chi connectivity index (χ0) is 16.9. The SMILES string of the molecule is CCCOC[C@@H]1CCN(C2CCN(c3nc(C)cc(C)n3)CC2)C1. The van der Waals surface area contributed by atoms with Crippen LogP contribution in [0.25, 0.3) is 0 Å². The Morgan fingerprint density at radius 1 is 1.08 bits per heavy atom. The molecule has 1 aromatic rings. The summed E-state index contributed by atoms with van der Waals surface area (Å²) >= 11 is 0. The largest absolute Gasteiger partial charge is 0.381 e. The van der Waals surface area contributed by atoms with Crippen molar-refractivity contribution in [2.45, 2.75) is 52.5 Å². The lowest BCUT2D eigenvalue weighted by atomic mass is 10.0. The molecule has 0 radical (unpaired) electrons. The van der Waals surface area contributed by atoms with E-state index in [1.54, 1.807) is 0 Å². The van der Waals surface area contributed by atoms with E-state index in [-0.39, 0.29) is 0 Å². The molecule has 5 heteroatoms. The maximum absolute atomic E-state index is 5.75. The summed E-state index contributed by atoms with van der Waals surface area (Å²) in [7, 11) is 0. The van der Waals surface area contributed by atoms with Gasteiger partial charge in [-0.05, 0) is 58.1 Å². The smallest absolute Gasteiger partial charge is 0.225 e. The molecule has 0 aromatic carbocycles. The van der Waals surface area contributed by atoms with Gasteiger partial charge in [0.15, 0.2) is 0 Å². The number of ether oxygens (including phenoxy) is 1. The fourth-order valence-corrected chi connectivity index (χ4v) is 4.00. The Bertz CT molecular complexity index is 508. The van der Waals surface area contributed by atoms with Gasteiger partial charge < -0.3 is 9.64 Å². The van der Waals surface area contributed by atoms with E-state index in [1.807, 2.05) is 6.07 Å². The Morgan fingerprint density at radius 2 is 1.79 bits per heavy atom. The number of anilines is 1. The number of aryl methyl sites for hydroxylation is 2. The van der Waals surface area contributed by atoms with Crippen LogP contribution in [0.15, 0.2) is 6.07 Å². The lowest BCUT2D eigenvalue weighted by Crippen LogP contribution is -2.44. The first-order chi connectivity index (χ1) is 11.7. The first kappa shape index (κ1) is 17.6. The van der Waals surface area contributed by atoms with Gasteiger partial charge >= 0.3 is 0 Å². The summed E-state index contributed by atoms with van der Waals surface area (Å²) in [6, 6.07) is 2.77. The van der Waals surface area contributed by atoms with Gasteiger partial charge in [-0.25, -0.2) is 9.97 Å². The van der Waals surface area contributed by atoms with Gasteiger partial charge in [0.2, 0.25) is 5.95 Å². The Hall–Kier alpha value is -1.20. The number of rotatable bonds is 6. The summed E-state index contributed by atoms with van der Waals surface area (Å²) < 4.78 is 5.75. The molecule has 0 N–H and O–H groups in total. The highest BCUT2D eigenvalue weighted by molar-refractivity contribution is 5.32. The van der Waals surface area contributed by atoms with Crippen LogP contribution >= 0.6 is 0 Å². The summed E-state index contributed by atoms with van der Waals surface area (Å²) in [6.07, 6.45) is 4.86. The van der Waals surface area contributed by atoms with Crippen LogP contribution in [-0.2, 0) is 4.74 Å². The minimum Gasteiger partial charge on any atom is -0.381 e. The van der Waals surface area contributed by atoms with Crippen LogP contribution in [0.1, 0.15) is 44.0 Å². The van der Waals surface area contributed by atoms with Gasteiger partial charge in [-0.15, -0.1) is 0 Å². The molecule has 0 amide bonds. The fraction of sp³-hybridized carbons (Fsp3) is 0.789. The zero-order valence-corrected chi connectivity index (χ0v) is 15.5. The normalized spacial score (nSPS) is 23.1. The van der Waals surface area contributed by atoms with Crippen molar-refractivity contribution in [3.05, 3.63) is 17.5 Å². The van der Waals surface area contributed by atoms with Crippen molar-refractivity contribution in [2.24, 2.45) is 5.92 Å². The van der Waals surface area contributed by atoms with Crippen molar-refractivity contribution in [1.29, 1.82) is 0 Å². The minimum atomic E-state index is 0.725. The molecule has 1 atom stereocenters. The summed E-state index contributed by atoms with van der Waals surface area (Å²) in [6.45, 7) is 12.7. The Kier molecular flexibility index (Phi) is 6.06. The van der Waals surface area contributed by atoms with Crippen molar-refractivity contribution in [3.8, 4) is 0 Å². The van der Waals surface area contributed by atoms with E-state index in [4.69, 9.17) is 4.74 Å². The lowest BCUT2D eigenvalue weighted by Gasteiger charge is -2.37. The van der Waals surface area contributed by atoms with Crippen LogP contribution in [0.4, 0.5) is 5.95 Å². The van der Waals surface area contributed by atoms with Gasteiger partial charge in [0.05, 0.1) is 6.61 Å². The van der Waals surface area contributed by atoms with E-state index in [1.165, 1.54) is 32.4 Å². The van der Waals surface area contributed by atoms with Crippen LogP contribution in [-0.4, -0.2) is 60.3 Å². The second-order valence-electron chi connectivity index (χ2n) is 7.39. The predicted octanol–water partition coefficient (Wildman–Crippen LogP) is 2.81. The number of hydrogen-bond donors (Lipinski definition) is 0. The summed E-state index contributed by atoms with van der Waals surface area (Å²) in [5.74, 6) is 1.65. The standard InChI is InChI=1S/C19H32N4O/c1-4-11-24-14-17-5-8-23(13-17)18-6-9-22(10-7-18)19-20-15(2)12-16(3)21-19/h12,17-18H,4-11,13-14H2,1-3H3/t17-/m1/s1. The van der Waals surface area contributed by atoms with Gasteiger partial charge in [-0.2, -0.15) is 0 Å². The topological polar surface area (TPSA) is 41.5 Å². The van der Waals surface area contributed by atoms with E-state index in [9.17, 15) is 0 Å². The van der Waals surface area contributed by atoms with Crippen molar-refractivity contribution < 1.29 is 4.74 Å². The van der Waals surface area contributed by atoms with Gasteiger partial charge in [0, 0.05) is 43.7 Å². The monoisotopic (exact) mass is 332 g/mol.